The summed E-state index contributed by atoms with van der Waals surface area (Å²) < 4.78 is 4.14. The number of hydrogen-bond acceptors (Lipinski definition) is 2. The number of piperidine rings is 1. The number of aromatic nitrogens is 2. The van der Waals surface area contributed by atoms with E-state index in [4.69, 9.17) is 0 Å². The van der Waals surface area contributed by atoms with E-state index in [1.165, 1.54) is 43.4 Å². The van der Waals surface area contributed by atoms with Gasteiger partial charge in [0.15, 0.2) is 0 Å². The summed E-state index contributed by atoms with van der Waals surface area (Å²) in [5.74, 6) is 0. The molecular weight excluding hydrogens is 454 g/mol. The molecule has 1 aromatic heterocycles. The molecule has 4 nitrogen and oxygen atoms in total. The first-order chi connectivity index (χ1) is 18.3. The maximum Gasteiger partial charge on any atom is 0.329 e. The number of likely N-dealkylation sites (tertiary alicyclic amines) is 1. The van der Waals surface area contributed by atoms with Crippen molar-refractivity contribution in [1.29, 1.82) is 0 Å². The van der Waals surface area contributed by atoms with Gasteiger partial charge in [-0.1, -0.05) is 79.2 Å². The van der Waals surface area contributed by atoms with E-state index in [-0.39, 0.29) is 5.69 Å². The SMILES string of the molecule is O=c1n(CCCCc2ccccc2)c2ccccc2n1C1CCN(CCCCCc2ccccc2)CC1. The van der Waals surface area contributed by atoms with Crippen LogP contribution in [0.2, 0.25) is 0 Å². The number of rotatable bonds is 12. The minimum atomic E-state index is 0.181. The van der Waals surface area contributed by atoms with Crippen molar-refractivity contribution in [1.82, 2.24) is 14.0 Å². The quantitative estimate of drug-likeness (QED) is 0.201. The second-order valence-corrected chi connectivity index (χ2v) is 10.6. The third-order valence-corrected chi connectivity index (χ3v) is 8.01. The van der Waals surface area contributed by atoms with E-state index in [9.17, 15) is 4.79 Å². The Hall–Kier alpha value is -3.11. The number of para-hydroxylation sites is 2. The molecule has 0 unspecified atom stereocenters. The minimum Gasteiger partial charge on any atom is -0.303 e. The predicted octanol–water partition coefficient (Wildman–Crippen LogP) is 6.88. The van der Waals surface area contributed by atoms with E-state index in [2.05, 4.69) is 94.4 Å². The summed E-state index contributed by atoms with van der Waals surface area (Å²) in [5, 5.41) is 0. The van der Waals surface area contributed by atoms with Gasteiger partial charge in [0.05, 0.1) is 11.0 Å². The Morgan fingerprint density at radius 1 is 0.595 bits per heavy atom. The Bertz CT molecular complexity index is 1280. The number of aryl methyl sites for hydroxylation is 3. The number of nitrogens with zero attached hydrogens (tertiary/aromatic N) is 3. The highest BCUT2D eigenvalue weighted by Crippen LogP contribution is 2.26. The fourth-order valence-electron chi connectivity index (χ4n) is 5.93. The van der Waals surface area contributed by atoms with Gasteiger partial charge in [-0.15, -0.1) is 0 Å². The number of hydrogen-bond donors (Lipinski definition) is 0. The molecule has 2 heterocycles. The summed E-state index contributed by atoms with van der Waals surface area (Å²) in [5.41, 5.74) is 5.20. The van der Waals surface area contributed by atoms with E-state index in [0.717, 1.165) is 62.8 Å². The van der Waals surface area contributed by atoms with Crippen molar-refractivity contribution < 1.29 is 0 Å². The zero-order chi connectivity index (χ0) is 25.3. The Morgan fingerprint density at radius 3 is 1.78 bits per heavy atom. The van der Waals surface area contributed by atoms with Gasteiger partial charge in [-0.25, -0.2) is 4.79 Å². The predicted molar refractivity (Wildman–Crippen MR) is 154 cm³/mol. The Labute approximate surface area is 221 Å². The monoisotopic (exact) mass is 495 g/mol. The molecule has 1 aliphatic rings. The molecule has 4 aromatic rings. The Balaban J connectivity index is 1.12. The van der Waals surface area contributed by atoms with Crippen LogP contribution in [0, 0.1) is 0 Å². The maximum absolute atomic E-state index is 13.6. The van der Waals surface area contributed by atoms with Crippen LogP contribution in [0.4, 0.5) is 0 Å². The van der Waals surface area contributed by atoms with Gasteiger partial charge in [-0.2, -0.15) is 0 Å². The number of fused-ring (bicyclic) bond motifs is 1. The molecule has 0 aliphatic carbocycles. The van der Waals surface area contributed by atoms with Gasteiger partial charge in [-0.05, 0) is 81.2 Å². The summed E-state index contributed by atoms with van der Waals surface area (Å²) in [7, 11) is 0. The highest BCUT2D eigenvalue weighted by Gasteiger charge is 2.24. The van der Waals surface area contributed by atoms with E-state index in [0.29, 0.717) is 6.04 Å². The van der Waals surface area contributed by atoms with Crippen LogP contribution in [0.1, 0.15) is 62.1 Å². The van der Waals surface area contributed by atoms with Crippen LogP contribution in [0.3, 0.4) is 0 Å². The first-order valence-electron chi connectivity index (χ1n) is 14.3. The molecular formula is C33H41N3O. The second-order valence-electron chi connectivity index (χ2n) is 10.6. The fourth-order valence-corrected chi connectivity index (χ4v) is 5.93. The molecule has 5 rings (SSSR count). The lowest BCUT2D eigenvalue weighted by molar-refractivity contribution is 0.183. The molecule has 3 aromatic carbocycles. The van der Waals surface area contributed by atoms with Gasteiger partial charge >= 0.3 is 5.69 Å². The Kier molecular flexibility index (Phi) is 8.91. The third-order valence-electron chi connectivity index (χ3n) is 8.01. The number of benzene rings is 3. The largest absolute Gasteiger partial charge is 0.329 e. The van der Waals surface area contributed by atoms with Crippen LogP contribution in [0.5, 0.6) is 0 Å². The summed E-state index contributed by atoms with van der Waals surface area (Å²) >= 11 is 0. The molecule has 4 heteroatoms. The van der Waals surface area contributed by atoms with Crippen molar-refractivity contribution in [3.05, 3.63) is 107 Å². The molecule has 1 saturated heterocycles. The van der Waals surface area contributed by atoms with Gasteiger partial charge in [0.2, 0.25) is 0 Å². The highest BCUT2D eigenvalue weighted by atomic mass is 16.1. The molecule has 0 bridgehead atoms. The molecule has 0 spiro atoms. The molecule has 0 atom stereocenters. The van der Waals surface area contributed by atoms with Crippen LogP contribution in [0.15, 0.2) is 89.7 Å². The van der Waals surface area contributed by atoms with Crippen molar-refractivity contribution in [3.8, 4) is 0 Å². The summed E-state index contributed by atoms with van der Waals surface area (Å²) in [6.07, 6.45) is 10.3. The average molecular weight is 496 g/mol. The summed E-state index contributed by atoms with van der Waals surface area (Å²) in [6.45, 7) is 4.15. The van der Waals surface area contributed by atoms with E-state index in [1.54, 1.807) is 0 Å². The fraction of sp³-hybridized carbons (Fsp3) is 0.424. The van der Waals surface area contributed by atoms with Crippen LogP contribution in [-0.2, 0) is 19.4 Å². The van der Waals surface area contributed by atoms with Crippen molar-refractivity contribution >= 4 is 11.0 Å². The first kappa shape index (κ1) is 25.5. The number of unbranched alkanes of at least 4 members (excludes halogenated alkanes) is 3. The zero-order valence-corrected chi connectivity index (χ0v) is 22.1. The normalized spacial score (nSPS) is 14.9. The molecule has 0 saturated carbocycles. The van der Waals surface area contributed by atoms with Crippen LogP contribution >= 0.6 is 0 Å². The third kappa shape index (κ3) is 6.61. The zero-order valence-electron chi connectivity index (χ0n) is 22.1. The Morgan fingerprint density at radius 2 is 1.14 bits per heavy atom. The lowest BCUT2D eigenvalue weighted by Gasteiger charge is -2.32. The van der Waals surface area contributed by atoms with Crippen LogP contribution in [-0.4, -0.2) is 33.7 Å². The smallest absolute Gasteiger partial charge is 0.303 e. The van der Waals surface area contributed by atoms with E-state index in [1.807, 2.05) is 4.57 Å². The van der Waals surface area contributed by atoms with Gasteiger partial charge in [0.1, 0.15) is 0 Å². The average Bonchev–Trinajstić information content (AvgIpc) is 3.23. The first-order valence-corrected chi connectivity index (χ1v) is 14.3. The van der Waals surface area contributed by atoms with Gasteiger partial charge < -0.3 is 4.90 Å². The molecule has 37 heavy (non-hydrogen) atoms. The molecule has 0 amide bonds. The van der Waals surface area contributed by atoms with Gasteiger partial charge in [0.25, 0.3) is 0 Å². The second kappa shape index (κ2) is 12.9. The van der Waals surface area contributed by atoms with Crippen LogP contribution in [0.25, 0.3) is 11.0 Å². The molecule has 0 radical (unpaired) electrons. The highest BCUT2D eigenvalue weighted by molar-refractivity contribution is 5.76. The van der Waals surface area contributed by atoms with E-state index >= 15 is 0 Å². The minimum absolute atomic E-state index is 0.181. The standard InChI is InChI=1S/C33H41N3O/c37-33-35(25-13-11-19-29-16-6-2-7-17-29)31-20-9-10-21-32(31)36(33)30-22-26-34(27-23-30)24-12-3-8-18-28-14-4-1-5-15-28/h1-2,4-7,9-10,14-17,20-21,30H,3,8,11-13,18-19,22-27H2. The number of imidazole rings is 1. The topological polar surface area (TPSA) is 30.2 Å². The van der Waals surface area contributed by atoms with Crippen molar-refractivity contribution in [2.45, 2.75) is 70.4 Å². The van der Waals surface area contributed by atoms with Gasteiger partial charge in [-0.3, -0.25) is 9.13 Å². The molecule has 0 N–H and O–H groups in total. The lowest BCUT2D eigenvalue weighted by Crippen LogP contribution is -2.38. The summed E-state index contributed by atoms with van der Waals surface area (Å²) in [4.78, 5) is 16.2. The van der Waals surface area contributed by atoms with Crippen LogP contribution < -0.4 is 5.69 Å². The molecule has 194 valence electrons. The maximum atomic E-state index is 13.6. The van der Waals surface area contributed by atoms with E-state index < -0.39 is 0 Å². The van der Waals surface area contributed by atoms with Crippen molar-refractivity contribution in [3.63, 3.8) is 0 Å². The summed E-state index contributed by atoms with van der Waals surface area (Å²) in [6, 6.07) is 30.2. The molecule has 1 fully saturated rings. The van der Waals surface area contributed by atoms with Gasteiger partial charge in [0, 0.05) is 25.7 Å². The van der Waals surface area contributed by atoms with Crippen molar-refractivity contribution in [2.75, 3.05) is 19.6 Å². The van der Waals surface area contributed by atoms with Crippen molar-refractivity contribution in [2.24, 2.45) is 0 Å². The lowest BCUT2D eigenvalue weighted by atomic mass is 10.0. The molecule has 1 aliphatic heterocycles.